The van der Waals surface area contributed by atoms with Crippen molar-refractivity contribution in [3.8, 4) is 12.3 Å². The van der Waals surface area contributed by atoms with Crippen molar-refractivity contribution in [3.05, 3.63) is 18.0 Å². The van der Waals surface area contributed by atoms with E-state index in [1.165, 1.54) is 6.26 Å². The number of aliphatic imine (C=N–C) groups is 1. The predicted molar refractivity (Wildman–Crippen MR) is 58.2 cm³/mol. The van der Waals surface area contributed by atoms with Crippen LogP contribution in [0.3, 0.4) is 0 Å². The first-order valence-electron chi connectivity index (χ1n) is 4.71. The molecule has 80 valence electrons. The van der Waals surface area contributed by atoms with Gasteiger partial charge in [-0.25, -0.2) is 4.99 Å². The van der Waals surface area contributed by atoms with Crippen molar-refractivity contribution in [2.45, 2.75) is 13.5 Å². The topological polar surface area (TPSA) is 62.5 Å². The Labute approximate surface area is 88.9 Å². The Morgan fingerprint density at radius 3 is 3.13 bits per heavy atom. The second-order valence-corrected chi connectivity index (χ2v) is 2.74. The Hall–Kier alpha value is -1.96. The molecule has 15 heavy (non-hydrogen) atoms. The fraction of sp³-hybridized carbons (Fsp3) is 0.400. The number of rotatable bonds is 4. The lowest BCUT2D eigenvalue weighted by Crippen LogP contribution is -2.37. The maximum absolute atomic E-state index is 5.14. The highest BCUT2D eigenvalue weighted by molar-refractivity contribution is 5.79. The molecular weight excluding hydrogens is 192 g/mol. The van der Waals surface area contributed by atoms with E-state index in [4.69, 9.17) is 10.9 Å². The fourth-order valence-corrected chi connectivity index (χ4v) is 0.956. The molecule has 0 bridgehead atoms. The summed E-state index contributed by atoms with van der Waals surface area (Å²) < 4.78 is 4.70. The standard InChI is InChI=1S/C10H14N4O/c1-3-6-12-10(11-4-2)13-8-9-5-7-15-14-9/h1,5,7H,4,6,8H2,2H3,(H2,11,12,13). The minimum Gasteiger partial charge on any atom is -0.364 e. The van der Waals surface area contributed by atoms with Gasteiger partial charge < -0.3 is 15.2 Å². The van der Waals surface area contributed by atoms with Crippen molar-refractivity contribution < 1.29 is 4.52 Å². The van der Waals surface area contributed by atoms with E-state index in [0.29, 0.717) is 19.0 Å². The highest BCUT2D eigenvalue weighted by atomic mass is 16.5. The van der Waals surface area contributed by atoms with Gasteiger partial charge in [-0.3, -0.25) is 0 Å². The summed E-state index contributed by atoms with van der Waals surface area (Å²) in [6.07, 6.45) is 6.66. The highest BCUT2D eigenvalue weighted by Gasteiger charge is 1.97. The molecule has 0 amide bonds. The van der Waals surface area contributed by atoms with Crippen LogP contribution in [0, 0.1) is 12.3 Å². The van der Waals surface area contributed by atoms with Crippen molar-refractivity contribution in [2.24, 2.45) is 4.99 Å². The summed E-state index contributed by atoms with van der Waals surface area (Å²) >= 11 is 0. The third-order valence-electron chi connectivity index (χ3n) is 1.59. The molecule has 5 heteroatoms. The molecule has 0 aromatic carbocycles. The lowest BCUT2D eigenvalue weighted by Gasteiger charge is -2.07. The number of nitrogens with one attached hydrogen (secondary N) is 2. The number of hydrogen-bond donors (Lipinski definition) is 2. The van der Waals surface area contributed by atoms with E-state index in [2.05, 4.69) is 26.7 Å². The number of nitrogens with zero attached hydrogens (tertiary/aromatic N) is 2. The molecule has 1 aromatic heterocycles. The Morgan fingerprint density at radius 2 is 2.53 bits per heavy atom. The maximum Gasteiger partial charge on any atom is 0.192 e. The number of hydrogen-bond acceptors (Lipinski definition) is 3. The molecule has 2 N–H and O–H groups in total. The van der Waals surface area contributed by atoms with Gasteiger partial charge >= 0.3 is 0 Å². The molecule has 0 aliphatic heterocycles. The zero-order valence-corrected chi connectivity index (χ0v) is 8.66. The quantitative estimate of drug-likeness (QED) is 0.424. The SMILES string of the molecule is C#CCNC(=NCc1ccon1)NCC. The average molecular weight is 206 g/mol. The van der Waals surface area contributed by atoms with E-state index in [1.807, 2.05) is 6.92 Å². The van der Waals surface area contributed by atoms with Crippen molar-refractivity contribution in [2.75, 3.05) is 13.1 Å². The van der Waals surface area contributed by atoms with Gasteiger partial charge in [0.05, 0.1) is 13.1 Å². The first-order chi connectivity index (χ1) is 7.36. The molecule has 1 heterocycles. The van der Waals surface area contributed by atoms with Gasteiger partial charge in [-0.2, -0.15) is 0 Å². The van der Waals surface area contributed by atoms with Crippen LogP contribution >= 0.6 is 0 Å². The Balaban J connectivity index is 2.47. The summed E-state index contributed by atoms with van der Waals surface area (Å²) in [7, 11) is 0. The van der Waals surface area contributed by atoms with Gasteiger partial charge in [0.15, 0.2) is 5.96 Å². The Morgan fingerprint density at radius 1 is 1.67 bits per heavy atom. The van der Waals surface area contributed by atoms with Gasteiger partial charge in [0, 0.05) is 12.6 Å². The smallest absolute Gasteiger partial charge is 0.192 e. The van der Waals surface area contributed by atoms with Crippen molar-refractivity contribution in [1.82, 2.24) is 15.8 Å². The predicted octanol–water partition coefficient (Wildman–Crippen LogP) is 0.363. The minimum absolute atomic E-state index is 0.449. The molecule has 0 aliphatic carbocycles. The highest BCUT2D eigenvalue weighted by Crippen LogP contribution is 1.95. The van der Waals surface area contributed by atoms with E-state index in [1.54, 1.807) is 6.07 Å². The van der Waals surface area contributed by atoms with E-state index < -0.39 is 0 Å². The average Bonchev–Trinajstić information content (AvgIpc) is 2.75. The lowest BCUT2D eigenvalue weighted by atomic mass is 10.4. The van der Waals surface area contributed by atoms with Crippen LogP contribution in [0.1, 0.15) is 12.6 Å². The molecule has 0 unspecified atom stereocenters. The van der Waals surface area contributed by atoms with E-state index in [0.717, 1.165) is 12.2 Å². The van der Waals surface area contributed by atoms with Crippen LogP contribution in [0.25, 0.3) is 0 Å². The lowest BCUT2D eigenvalue weighted by molar-refractivity contribution is 0.412. The first-order valence-corrected chi connectivity index (χ1v) is 4.71. The molecule has 1 aromatic rings. The molecule has 0 spiro atoms. The first kappa shape index (κ1) is 11.1. The zero-order valence-electron chi connectivity index (χ0n) is 8.66. The summed E-state index contributed by atoms with van der Waals surface area (Å²) in [6.45, 7) is 3.69. The van der Waals surface area contributed by atoms with Gasteiger partial charge in [-0.05, 0) is 6.92 Å². The van der Waals surface area contributed by atoms with Crippen molar-refractivity contribution in [1.29, 1.82) is 0 Å². The molecule has 0 saturated carbocycles. The van der Waals surface area contributed by atoms with Crippen molar-refractivity contribution >= 4 is 5.96 Å². The van der Waals surface area contributed by atoms with Crippen molar-refractivity contribution in [3.63, 3.8) is 0 Å². The van der Waals surface area contributed by atoms with Crippen LogP contribution in [-0.2, 0) is 6.54 Å². The van der Waals surface area contributed by atoms with Crippen LogP contribution in [0.5, 0.6) is 0 Å². The second kappa shape index (κ2) is 6.49. The molecule has 0 radical (unpaired) electrons. The summed E-state index contributed by atoms with van der Waals surface area (Å²) in [4.78, 5) is 4.27. The zero-order chi connectivity index (χ0) is 10.9. The summed E-state index contributed by atoms with van der Waals surface area (Å²) in [5.74, 6) is 3.16. The minimum atomic E-state index is 0.449. The normalized spacial score (nSPS) is 10.8. The van der Waals surface area contributed by atoms with Crippen LogP contribution in [0.2, 0.25) is 0 Å². The molecular formula is C10H14N4O. The molecule has 5 nitrogen and oxygen atoms in total. The summed E-state index contributed by atoms with van der Waals surface area (Å²) in [5, 5.41) is 9.79. The largest absolute Gasteiger partial charge is 0.364 e. The third-order valence-corrected chi connectivity index (χ3v) is 1.59. The fourth-order valence-electron chi connectivity index (χ4n) is 0.956. The monoisotopic (exact) mass is 206 g/mol. The number of aromatic nitrogens is 1. The van der Waals surface area contributed by atoms with Crippen LogP contribution in [-0.4, -0.2) is 24.2 Å². The summed E-state index contributed by atoms with van der Waals surface area (Å²) in [5.41, 5.74) is 0.785. The maximum atomic E-state index is 5.14. The molecule has 0 saturated heterocycles. The number of guanidine groups is 1. The van der Waals surface area contributed by atoms with Crippen LogP contribution < -0.4 is 10.6 Å². The van der Waals surface area contributed by atoms with Gasteiger partial charge in [0.1, 0.15) is 12.0 Å². The van der Waals surface area contributed by atoms with E-state index >= 15 is 0 Å². The second-order valence-electron chi connectivity index (χ2n) is 2.74. The van der Waals surface area contributed by atoms with Crippen LogP contribution in [0.15, 0.2) is 21.8 Å². The van der Waals surface area contributed by atoms with Gasteiger partial charge in [-0.1, -0.05) is 11.1 Å². The number of terminal acetylenes is 1. The van der Waals surface area contributed by atoms with E-state index in [-0.39, 0.29) is 0 Å². The van der Waals surface area contributed by atoms with Gasteiger partial charge in [-0.15, -0.1) is 6.42 Å². The Bertz CT molecular complexity index is 337. The summed E-state index contributed by atoms with van der Waals surface area (Å²) in [6, 6.07) is 1.77. The van der Waals surface area contributed by atoms with Crippen LogP contribution in [0.4, 0.5) is 0 Å². The van der Waals surface area contributed by atoms with Gasteiger partial charge in [0.25, 0.3) is 0 Å². The Kier molecular flexibility index (Phi) is 4.81. The third kappa shape index (κ3) is 4.18. The molecule has 0 fully saturated rings. The molecule has 0 atom stereocenters. The van der Waals surface area contributed by atoms with Gasteiger partial charge in [0.2, 0.25) is 0 Å². The van der Waals surface area contributed by atoms with E-state index in [9.17, 15) is 0 Å². The molecule has 1 rings (SSSR count). The molecule has 0 aliphatic rings.